The number of hydrogen-bond donors (Lipinski definition) is 6. The lowest BCUT2D eigenvalue weighted by molar-refractivity contribution is 0.0952. The van der Waals surface area contributed by atoms with Gasteiger partial charge in [0.05, 0.1) is 0 Å². The average Bonchev–Trinajstić information content (AvgIpc) is 2.60. The monoisotopic (exact) mass is 401 g/mol. The van der Waals surface area contributed by atoms with Crippen molar-refractivity contribution < 1.29 is 27.4 Å². The van der Waals surface area contributed by atoms with Gasteiger partial charge in [-0.15, -0.1) is 0 Å². The van der Waals surface area contributed by atoms with E-state index in [1.165, 1.54) is 18.2 Å². The van der Waals surface area contributed by atoms with Gasteiger partial charge in [-0.1, -0.05) is 0 Å². The molecule has 0 fully saturated rings. The maximum Gasteiger partial charge on any atom is 0.367 e. The average molecular weight is 401 g/mol. The van der Waals surface area contributed by atoms with E-state index in [4.69, 9.17) is 16.0 Å². The van der Waals surface area contributed by atoms with Crippen molar-refractivity contribution in [3.05, 3.63) is 29.3 Å². The molecule has 12 heteroatoms. The van der Waals surface area contributed by atoms with Crippen LogP contribution in [0.3, 0.4) is 0 Å². The Bertz CT molecular complexity index is 756. The van der Waals surface area contributed by atoms with Crippen molar-refractivity contribution in [2.45, 2.75) is 12.8 Å². The van der Waals surface area contributed by atoms with E-state index < -0.39 is 27.2 Å². The first-order chi connectivity index (χ1) is 12.7. The Kier molecular flexibility index (Phi) is 8.81. The van der Waals surface area contributed by atoms with Gasteiger partial charge in [-0.3, -0.25) is 18.9 Å². The maximum atomic E-state index is 12.2. The van der Waals surface area contributed by atoms with Crippen LogP contribution in [0.15, 0.2) is 18.2 Å². The molecule has 0 saturated heterocycles. The molecule has 0 aliphatic rings. The summed E-state index contributed by atoms with van der Waals surface area (Å²) in [6.07, 6.45) is 1.08. The molecular weight excluding hydrogens is 378 g/mol. The third-order valence-electron chi connectivity index (χ3n) is 3.27. The van der Waals surface area contributed by atoms with Crippen LogP contribution in [0.5, 0.6) is 0 Å². The van der Waals surface area contributed by atoms with Crippen LogP contribution < -0.4 is 27.4 Å². The normalized spacial score (nSPS) is 10.9. The van der Waals surface area contributed by atoms with Gasteiger partial charge < -0.3 is 27.4 Å². The lowest BCUT2D eigenvalue weighted by atomic mass is 10.1. The van der Waals surface area contributed by atoms with E-state index in [1.807, 2.05) is 5.32 Å². The fourth-order valence-corrected chi connectivity index (χ4v) is 2.20. The van der Waals surface area contributed by atoms with E-state index in [0.29, 0.717) is 39.0 Å². The van der Waals surface area contributed by atoms with Crippen molar-refractivity contribution in [3.8, 4) is 0 Å². The van der Waals surface area contributed by atoms with Crippen LogP contribution in [0, 0.1) is 0 Å². The standard InChI is InChI=1S/C15H23N5O6S/c16-3-1-5-18-13(21)10-7-11(14(22)19-6-2-4-17)9-12(8-10)20-15(23)27(24,25)26/h7-9H,1-6,16-17H2,(H,18,21)(H,19,22)(H,20,23)(H,24,25,26). The summed E-state index contributed by atoms with van der Waals surface area (Å²) in [7, 11) is -4.98. The van der Waals surface area contributed by atoms with Crippen LogP contribution in [0.2, 0.25) is 0 Å². The first kappa shape index (κ1) is 22.5. The number of amides is 3. The predicted octanol–water partition coefficient (Wildman–Crippen LogP) is -0.736. The second-order valence-electron chi connectivity index (χ2n) is 5.48. The second kappa shape index (κ2) is 10.6. The molecule has 11 nitrogen and oxygen atoms in total. The summed E-state index contributed by atoms with van der Waals surface area (Å²) < 4.78 is 30.5. The van der Waals surface area contributed by atoms with Crippen molar-refractivity contribution in [1.29, 1.82) is 0 Å². The number of benzene rings is 1. The number of hydrogen-bond acceptors (Lipinski definition) is 7. The van der Waals surface area contributed by atoms with E-state index in [2.05, 4.69) is 10.6 Å². The summed E-state index contributed by atoms with van der Waals surface area (Å²) in [4.78, 5) is 35.9. The zero-order chi connectivity index (χ0) is 20.4. The molecule has 0 spiro atoms. The van der Waals surface area contributed by atoms with E-state index in [0.717, 1.165) is 0 Å². The van der Waals surface area contributed by atoms with Crippen LogP contribution in [0.1, 0.15) is 33.6 Å². The Labute approximate surface area is 156 Å². The predicted molar refractivity (Wildman–Crippen MR) is 99.0 cm³/mol. The van der Waals surface area contributed by atoms with Gasteiger partial charge in [0.25, 0.3) is 11.8 Å². The number of carbonyl (C=O) groups excluding carboxylic acids is 3. The summed E-state index contributed by atoms with van der Waals surface area (Å²) in [6, 6.07) is 3.65. The first-order valence-electron chi connectivity index (χ1n) is 8.09. The molecular formula is C15H23N5O6S. The van der Waals surface area contributed by atoms with E-state index >= 15 is 0 Å². The van der Waals surface area contributed by atoms with Crippen molar-refractivity contribution in [3.63, 3.8) is 0 Å². The Morgan fingerprint density at radius 3 is 1.70 bits per heavy atom. The number of carbonyl (C=O) groups is 3. The highest BCUT2D eigenvalue weighted by Gasteiger charge is 2.20. The Balaban J connectivity index is 3.11. The third kappa shape index (κ3) is 7.70. The molecule has 8 N–H and O–H groups in total. The molecule has 0 bridgehead atoms. The SMILES string of the molecule is NCCCNC(=O)c1cc(NC(=O)S(=O)(=O)O)cc(C(=O)NCCCN)c1. The molecule has 0 saturated carbocycles. The molecule has 0 unspecified atom stereocenters. The Hall–Kier alpha value is -2.54. The van der Waals surface area contributed by atoms with Crippen molar-refractivity contribution in [2.24, 2.45) is 11.5 Å². The molecule has 0 radical (unpaired) electrons. The number of rotatable bonds is 9. The molecule has 0 aromatic heterocycles. The topological polar surface area (TPSA) is 194 Å². The van der Waals surface area contributed by atoms with Crippen LogP contribution in [-0.4, -0.2) is 56.2 Å². The van der Waals surface area contributed by atoms with E-state index in [1.54, 1.807) is 0 Å². The van der Waals surface area contributed by atoms with Crippen molar-refractivity contribution >= 4 is 32.9 Å². The highest BCUT2D eigenvalue weighted by atomic mass is 32.2. The molecule has 0 heterocycles. The Morgan fingerprint density at radius 1 is 0.889 bits per heavy atom. The quantitative estimate of drug-likeness (QED) is 0.230. The minimum atomic E-state index is -4.98. The molecule has 1 aromatic rings. The zero-order valence-corrected chi connectivity index (χ0v) is 15.3. The van der Waals surface area contributed by atoms with Gasteiger partial charge in [-0.25, -0.2) is 0 Å². The number of nitrogens with one attached hydrogen (secondary N) is 3. The molecule has 1 rings (SSSR count). The Morgan fingerprint density at radius 2 is 1.33 bits per heavy atom. The lowest BCUT2D eigenvalue weighted by Gasteiger charge is -2.11. The van der Waals surface area contributed by atoms with Crippen molar-refractivity contribution in [2.75, 3.05) is 31.5 Å². The van der Waals surface area contributed by atoms with Gasteiger partial charge in [0.1, 0.15) is 0 Å². The third-order valence-corrected chi connectivity index (χ3v) is 3.84. The maximum absolute atomic E-state index is 12.2. The smallest absolute Gasteiger partial charge is 0.352 e. The zero-order valence-electron chi connectivity index (χ0n) is 14.5. The molecule has 0 atom stereocenters. The van der Waals surface area contributed by atoms with Gasteiger partial charge in [-0.2, -0.15) is 8.42 Å². The second-order valence-corrected chi connectivity index (χ2v) is 6.80. The van der Waals surface area contributed by atoms with Gasteiger partial charge in [0.15, 0.2) is 0 Å². The minimum Gasteiger partial charge on any atom is -0.352 e. The first-order valence-corrected chi connectivity index (χ1v) is 9.53. The van der Waals surface area contributed by atoms with Gasteiger partial charge >= 0.3 is 15.4 Å². The lowest BCUT2D eigenvalue weighted by Crippen LogP contribution is -2.29. The summed E-state index contributed by atoms with van der Waals surface area (Å²) in [5.74, 6) is -1.08. The molecule has 0 aliphatic heterocycles. The molecule has 150 valence electrons. The van der Waals surface area contributed by atoms with Gasteiger partial charge in [-0.05, 0) is 44.1 Å². The summed E-state index contributed by atoms with van der Waals surface area (Å²) in [5, 5.41) is 5.41. The van der Waals surface area contributed by atoms with Crippen molar-refractivity contribution in [1.82, 2.24) is 10.6 Å². The van der Waals surface area contributed by atoms with E-state index in [9.17, 15) is 22.8 Å². The molecule has 27 heavy (non-hydrogen) atoms. The highest BCUT2D eigenvalue weighted by Crippen LogP contribution is 2.16. The molecule has 0 aliphatic carbocycles. The largest absolute Gasteiger partial charge is 0.367 e. The number of nitrogens with two attached hydrogens (primary N) is 2. The summed E-state index contributed by atoms with van der Waals surface area (Å²) in [5.41, 5.74) is 10.6. The van der Waals surface area contributed by atoms with E-state index in [-0.39, 0.29) is 16.8 Å². The number of anilines is 1. The van der Waals surface area contributed by atoms with Gasteiger partial charge in [0, 0.05) is 29.9 Å². The van der Waals surface area contributed by atoms with Crippen LogP contribution >= 0.6 is 0 Å². The summed E-state index contributed by atoms with van der Waals surface area (Å²) >= 11 is 0. The molecule has 3 amide bonds. The van der Waals surface area contributed by atoms with Gasteiger partial charge in [0.2, 0.25) is 0 Å². The van der Waals surface area contributed by atoms with Crippen LogP contribution in [0.4, 0.5) is 10.5 Å². The summed E-state index contributed by atoms with van der Waals surface area (Å²) in [6.45, 7) is 1.35. The van der Waals surface area contributed by atoms with Crippen LogP contribution in [-0.2, 0) is 10.1 Å². The molecule has 1 aromatic carbocycles. The minimum absolute atomic E-state index is 0.0177. The van der Waals surface area contributed by atoms with Crippen LogP contribution in [0.25, 0.3) is 0 Å². The fourth-order valence-electron chi connectivity index (χ4n) is 1.96. The fraction of sp³-hybridized carbons (Fsp3) is 0.400. The highest BCUT2D eigenvalue weighted by molar-refractivity contribution is 8.01.